The first-order chi connectivity index (χ1) is 10.4. The van der Waals surface area contributed by atoms with Gasteiger partial charge in [0.2, 0.25) is 11.7 Å². The maximum atomic E-state index is 12.6. The molecule has 2 aromatic heterocycles. The molecule has 0 radical (unpaired) electrons. The Morgan fingerprint density at radius 3 is 2.77 bits per heavy atom. The molecule has 0 atom stereocenters. The largest absolute Gasteiger partial charge is 0.480 e. The van der Waals surface area contributed by atoms with Crippen LogP contribution in [0.25, 0.3) is 5.52 Å². The van der Waals surface area contributed by atoms with E-state index < -0.39 is 0 Å². The van der Waals surface area contributed by atoms with E-state index in [2.05, 4.69) is 29.2 Å². The molecule has 0 bridgehead atoms. The summed E-state index contributed by atoms with van der Waals surface area (Å²) in [5, 5.41) is 7.42. The van der Waals surface area contributed by atoms with Gasteiger partial charge in [0.1, 0.15) is 0 Å². The van der Waals surface area contributed by atoms with Gasteiger partial charge in [0.05, 0.1) is 18.8 Å². The van der Waals surface area contributed by atoms with Gasteiger partial charge in [-0.05, 0) is 45.1 Å². The Kier molecular flexibility index (Phi) is 3.54. The lowest BCUT2D eigenvalue weighted by molar-refractivity contribution is 0.0814. The zero-order chi connectivity index (χ0) is 15.9. The van der Waals surface area contributed by atoms with Crippen molar-refractivity contribution in [1.29, 1.82) is 0 Å². The number of aromatic nitrogens is 3. The number of amides is 1. The number of hydrogen-bond donors (Lipinski definition) is 1. The molecule has 6 nitrogen and oxygen atoms in total. The molecule has 0 unspecified atom stereocenters. The minimum absolute atomic E-state index is 0.197. The number of imidazole rings is 1. The SMILES string of the molecule is COc1cc(C)c2cnc(C(=O)NC(C)(C)C3CCC3)n2n1. The zero-order valence-electron chi connectivity index (χ0n) is 13.5. The summed E-state index contributed by atoms with van der Waals surface area (Å²) in [4.78, 5) is 16.9. The van der Waals surface area contributed by atoms with Crippen molar-refractivity contribution in [3.8, 4) is 5.88 Å². The predicted octanol–water partition coefficient (Wildman–Crippen LogP) is 2.35. The van der Waals surface area contributed by atoms with Crippen LogP contribution in [-0.4, -0.2) is 33.2 Å². The molecule has 0 aromatic carbocycles. The number of carbonyl (C=O) groups excluding carboxylic acids is 1. The molecule has 2 heterocycles. The third-order valence-corrected chi connectivity index (χ3v) is 4.65. The summed E-state index contributed by atoms with van der Waals surface area (Å²) in [6, 6.07) is 1.83. The van der Waals surface area contributed by atoms with Crippen molar-refractivity contribution < 1.29 is 9.53 Å². The van der Waals surface area contributed by atoms with E-state index >= 15 is 0 Å². The zero-order valence-corrected chi connectivity index (χ0v) is 13.5. The molecule has 22 heavy (non-hydrogen) atoms. The van der Waals surface area contributed by atoms with Crippen LogP contribution in [-0.2, 0) is 0 Å². The number of nitrogens with one attached hydrogen (secondary N) is 1. The van der Waals surface area contributed by atoms with Crippen molar-refractivity contribution in [2.45, 2.75) is 45.6 Å². The molecule has 118 valence electrons. The third-order valence-electron chi connectivity index (χ3n) is 4.65. The number of aryl methyl sites for hydroxylation is 1. The maximum Gasteiger partial charge on any atom is 0.289 e. The van der Waals surface area contributed by atoms with E-state index in [0.717, 1.165) is 11.1 Å². The molecule has 1 fully saturated rings. The summed E-state index contributed by atoms with van der Waals surface area (Å²) in [5.41, 5.74) is 1.55. The molecular weight excluding hydrogens is 280 g/mol. The van der Waals surface area contributed by atoms with Gasteiger partial charge in [-0.2, -0.15) is 0 Å². The first kappa shape index (κ1) is 14.8. The minimum atomic E-state index is -0.227. The smallest absolute Gasteiger partial charge is 0.289 e. The van der Waals surface area contributed by atoms with E-state index in [9.17, 15) is 4.79 Å². The second kappa shape index (κ2) is 5.26. The quantitative estimate of drug-likeness (QED) is 0.941. The van der Waals surface area contributed by atoms with Crippen LogP contribution in [0.2, 0.25) is 0 Å². The highest BCUT2D eigenvalue weighted by Crippen LogP contribution is 2.35. The summed E-state index contributed by atoms with van der Waals surface area (Å²) >= 11 is 0. The van der Waals surface area contributed by atoms with Crippen molar-refractivity contribution >= 4 is 11.4 Å². The molecule has 0 spiro atoms. The van der Waals surface area contributed by atoms with E-state index in [-0.39, 0.29) is 11.4 Å². The number of carbonyl (C=O) groups is 1. The average Bonchev–Trinajstić information content (AvgIpc) is 2.79. The van der Waals surface area contributed by atoms with E-state index in [1.807, 2.05) is 13.0 Å². The molecule has 0 saturated heterocycles. The third kappa shape index (κ3) is 2.42. The summed E-state index contributed by atoms with van der Waals surface area (Å²) in [6.45, 7) is 6.09. The van der Waals surface area contributed by atoms with E-state index in [0.29, 0.717) is 17.6 Å². The molecule has 0 aliphatic heterocycles. The number of hydrogen-bond acceptors (Lipinski definition) is 4. The van der Waals surface area contributed by atoms with Crippen molar-refractivity contribution in [3.63, 3.8) is 0 Å². The van der Waals surface area contributed by atoms with Crippen molar-refractivity contribution in [2.24, 2.45) is 5.92 Å². The van der Waals surface area contributed by atoms with Gasteiger partial charge >= 0.3 is 0 Å². The fraction of sp³-hybridized carbons (Fsp3) is 0.562. The lowest BCUT2D eigenvalue weighted by Crippen LogP contribution is -2.51. The standard InChI is InChI=1S/C16H22N4O2/c1-10-8-13(22-4)19-20-12(10)9-17-14(20)15(21)18-16(2,3)11-6-5-7-11/h8-9,11H,5-7H2,1-4H3,(H,18,21). The van der Waals surface area contributed by atoms with Gasteiger partial charge < -0.3 is 10.1 Å². The summed E-state index contributed by atoms with van der Waals surface area (Å²) < 4.78 is 6.74. The lowest BCUT2D eigenvalue weighted by atomic mass is 9.72. The van der Waals surface area contributed by atoms with Crippen molar-refractivity contribution in [3.05, 3.63) is 23.7 Å². The van der Waals surface area contributed by atoms with Crippen molar-refractivity contribution in [1.82, 2.24) is 19.9 Å². The maximum absolute atomic E-state index is 12.6. The number of ether oxygens (including phenoxy) is 1. The van der Waals surface area contributed by atoms with Crippen LogP contribution in [0, 0.1) is 12.8 Å². The number of rotatable bonds is 4. The van der Waals surface area contributed by atoms with Crippen LogP contribution in [0.4, 0.5) is 0 Å². The highest BCUT2D eigenvalue weighted by molar-refractivity contribution is 5.92. The molecule has 1 amide bonds. The molecule has 1 N–H and O–H groups in total. The van der Waals surface area contributed by atoms with Crippen LogP contribution in [0.5, 0.6) is 5.88 Å². The van der Waals surface area contributed by atoms with E-state index in [1.165, 1.54) is 19.3 Å². The van der Waals surface area contributed by atoms with Gasteiger partial charge in [0.15, 0.2) is 0 Å². The molecule has 2 aromatic rings. The molecule has 1 aliphatic rings. The first-order valence-electron chi connectivity index (χ1n) is 7.64. The first-order valence-corrected chi connectivity index (χ1v) is 7.64. The molecule has 6 heteroatoms. The minimum Gasteiger partial charge on any atom is -0.480 e. The van der Waals surface area contributed by atoms with Crippen molar-refractivity contribution in [2.75, 3.05) is 7.11 Å². The molecule has 1 saturated carbocycles. The Bertz CT molecular complexity index is 716. The van der Waals surface area contributed by atoms with Crippen LogP contribution >= 0.6 is 0 Å². The fourth-order valence-electron chi connectivity index (χ4n) is 2.94. The Balaban J connectivity index is 1.92. The summed E-state index contributed by atoms with van der Waals surface area (Å²) in [5.74, 6) is 1.10. The van der Waals surface area contributed by atoms with E-state index in [1.54, 1.807) is 17.8 Å². The number of nitrogens with zero attached hydrogens (tertiary/aromatic N) is 3. The fourth-order valence-corrected chi connectivity index (χ4v) is 2.94. The molecule has 1 aliphatic carbocycles. The highest BCUT2D eigenvalue weighted by Gasteiger charge is 2.36. The van der Waals surface area contributed by atoms with Gasteiger partial charge in [0, 0.05) is 11.6 Å². The van der Waals surface area contributed by atoms with Crippen LogP contribution < -0.4 is 10.1 Å². The van der Waals surface area contributed by atoms with Gasteiger partial charge in [-0.15, -0.1) is 5.10 Å². The monoisotopic (exact) mass is 302 g/mol. The highest BCUT2D eigenvalue weighted by atomic mass is 16.5. The summed E-state index contributed by atoms with van der Waals surface area (Å²) in [7, 11) is 1.56. The Hall–Kier alpha value is -2.11. The molecular formula is C16H22N4O2. The Morgan fingerprint density at radius 1 is 1.45 bits per heavy atom. The van der Waals surface area contributed by atoms with Gasteiger partial charge in [0.25, 0.3) is 5.91 Å². The van der Waals surface area contributed by atoms with Crippen LogP contribution in [0.15, 0.2) is 12.3 Å². The van der Waals surface area contributed by atoms with Gasteiger partial charge in [-0.25, -0.2) is 9.50 Å². The normalized spacial score (nSPS) is 15.6. The summed E-state index contributed by atoms with van der Waals surface area (Å²) in [6.07, 6.45) is 5.25. The van der Waals surface area contributed by atoms with Gasteiger partial charge in [-0.3, -0.25) is 4.79 Å². The number of methoxy groups -OCH3 is 1. The second-order valence-corrected chi connectivity index (χ2v) is 6.55. The Morgan fingerprint density at radius 2 is 2.18 bits per heavy atom. The number of fused-ring (bicyclic) bond motifs is 1. The van der Waals surface area contributed by atoms with E-state index in [4.69, 9.17) is 4.74 Å². The van der Waals surface area contributed by atoms with Gasteiger partial charge in [-0.1, -0.05) is 6.42 Å². The lowest BCUT2D eigenvalue weighted by Gasteiger charge is -2.40. The van der Waals surface area contributed by atoms with Crippen LogP contribution in [0.1, 0.15) is 49.3 Å². The Labute approximate surface area is 129 Å². The molecule has 3 rings (SSSR count). The predicted molar refractivity (Wildman–Crippen MR) is 83.2 cm³/mol. The second-order valence-electron chi connectivity index (χ2n) is 6.55. The average molecular weight is 302 g/mol. The van der Waals surface area contributed by atoms with Crippen LogP contribution in [0.3, 0.4) is 0 Å². The topological polar surface area (TPSA) is 68.5 Å².